The average molecular weight is 517 g/mol. The smallest absolute Gasteiger partial charge is 0.309 e. The summed E-state index contributed by atoms with van der Waals surface area (Å²) in [5.74, 6) is -0.549. The molecule has 35 heavy (non-hydrogen) atoms. The van der Waals surface area contributed by atoms with Crippen LogP contribution in [-0.4, -0.2) is 67.4 Å². The number of rotatable bonds is 5. The van der Waals surface area contributed by atoms with Gasteiger partial charge in [-0.1, -0.05) is 29.3 Å². The Morgan fingerprint density at radius 1 is 1.23 bits per heavy atom. The number of carboxylic acids is 1. The summed E-state index contributed by atoms with van der Waals surface area (Å²) in [5, 5.41) is 15.9. The molecular formula is C25H30Cl2N6O2. The van der Waals surface area contributed by atoms with Crippen molar-refractivity contribution in [2.45, 2.75) is 58.2 Å². The number of carbonyl (C=O) groups is 1. The summed E-state index contributed by atoms with van der Waals surface area (Å²) in [4.78, 5) is 26.3. The third kappa shape index (κ3) is 4.47. The molecule has 2 saturated heterocycles. The number of hydrogen-bond donors (Lipinski definition) is 1. The molecule has 0 radical (unpaired) electrons. The van der Waals surface area contributed by atoms with Crippen molar-refractivity contribution >= 4 is 46.2 Å². The van der Waals surface area contributed by atoms with Gasteiger partial charge in [0, 0.05) is 35.2 Å². The predicted octanol–water partition coefficient (Wildman–Crippen LogP) is 4.81. The van der Waals surface area contributed by atoms with Crippen LogP contribution in [0.2, 0.25) is 10.0 Å². The van der Waals surface area contributed by atoms with Gasteiger partial charge in [0.25, 0.3) is 0 Å². The monoisotopic (exact) mass is 516 g/mol. The Morgan fingerprint density at radius 2 is 2.03 bits per heavy atom. The fourth-order valence-corrected chi connectivity index (χ4v) is 6.24. The summed E-state index contributed by atoms with van der Waals surface area (Å²) in [6, 6.07) is 5.74. The van der Waals surface area contributed by atoms with E-state index < -0.39 is 11.9 Å². The van der Waals surface area contributed by atoms with E-state index in [-0.39, 0.29) is 12.1 Å². The van der Waals surface area contributed by atoms with Crippen LogP contribution >= 0.6 is 23.2 Å². The van der Waals surface area contributed by atoms with Crippen molar-refractivity contribution in [3.05, 3.63) is 45.7 Å². The Kier molecular flexibility index (Phi) is 6.63. The first-order valence-corrected chi connectivity index (χ1v) is 12.9. The third-order valence-electron chi connectivity index (χ3n) is 7.59. The van der Waals surface area contributed by atoms with Gasteiger partial charge in [-0.25, -0.2) is 14.6 Å². The lowest BCUT2D eigenvalue weighted by atomic mass is 9.90. The number of hydrogen-bond acceptors (Lipinski definition) is 6. The SMILES string of the molecule is Cc1nn([C@H](C)c2ccc(Cl)cc2Cl)c2nc(N3CCC(N4CCC[C@H]4C)[C@H](C(=O)O)C3)cnc12. The highest BCUT2D eigenvalue weighted by Crippen LogP contribution is 2.33. The molecule has 0 spiro atoms. The topological polar surface area (TPSA) is 87.4 Å². The number of nitrogens with zero attached hydrogens (tertiary/aromatic N) is 6. The van der Waals surface area contributed by atoms with Crippen LogP contribution in [0.25, 0.3) is 11.2 Å². The highest BCUT2D eigenvalue weighted by Gasteiger charge is 2.41. The van der Waals surface area contributed by atoms with Crippen molar-refractivity contribution < 1.29 is 9.90 Å². The Morgan fingerprint density at radius 3 is 2.71 bits per heavy atom. The van der Waals surface area contributed by atoms with Gasteiger partial charge in [0.1, 0.15) is 11.3 Å². The lowest BCUT2D eigenvalue weighted by Crippen LogP contribution is -2.54. The molecule has 0 aliphatic carbocycles. The van der Waals surface area contributed by atoms with Crippen LogP contribution in [0, 0.1) is 12.8 Å². The maximum absolute atomic E-state index is 12.3. The Bertz CT molecular complexity index is 1260. The summed E-state index contributed by atoms with van der Waals surface area (Å²) >= 11 is 12.6. The predicted molar refractivity (Wildman–Crippen MR) is 137 cm³/mol. The van der Waals surface area contributed by atoms with Gasteiger partial charge in [0.15, 0.2) is 5.65 Å². The maximum Gasteiger partial charge on any atom is 0.309 e. The van der Waals surface area contributed by atoms with Crippen LogP contribution in [0.4, 0.5) is 5.82 Å². The van der Waals surface area contributed by atoms with Crippen LogP contribution < -0.4 is 4.90 Å². The number of carboxylic acid groups (broad SMARTS) is 1. The Labute approximate surface area is 214 Å². The Hall–Kier alpha value is -2.42. The first-order chi connectivity index (χ1) is 16.7. The van der Waals surface area contributed by atoms with Gasteiger partial charge in [0.2, 0.25) is 0 Å². The zero-order valence-electron chi connectivity index (χ0n) is 20.2. The van der Waals surface area contributed by atoms with Gasteiger partial charge in [-0.2, -0.15) is 5.10 Å². The molecule has 0 bridgehead atoms. The van der Waals surface area contributed by atoms with E-state index in [2.05, 4.69) is 21.7 Å². The second-order valence-corrected chi connectivity index (χ2v) is 10.6. The minimum absolute atomic E-state index is 0.0535. The van der Waals surface area contributed by atoms with E-state index in [9.17, 15) is 9.90 Å². The van der Waals surface area contributed by atoms with E-state index in [1.54, 1.807) is 12.3 Å². The number of aromatic nitrogens is 4. The van der Waals surface area contributed by atoms with E-state index in [0.29, 0.717) is 34.1 Å². The highest BCUT2D eigenvalue weighted by molar-refractivity contribution is 6.35. The molecule has 5 rings (SSSR count). The number of piperidine rings is 1. The Balaban J connectivity index is 1.46. The number of fused-ring (bicyclic) bond motifs is 1. The number of halogens is 2. The van der Waals surface area contributed by atoms with Gasteiger partial charge in [-0.05, 0) is 64.3 Å². The second kappa shape index (κ2) is 9.56. The minimum atomic E-state index is -0.750. The fourth-order valence-electron chi connectivity index (χ4n) is 5.67. The summed E-state index contributed by atoms with van der Waals surface area (Å²) in [7, 11) is 0. The van der Waals surface area contributed by atoms with Gasteiger partial charge < -0.3 is 10.0 Å². The first-order valence-electron chi connectivity index (χ1n) is 12.1. The fraction of sp³-hybridized carbons (Fsp3) is 0.520. The van der Waals surface area contributed by atoms with Crippen LogP contribution in [0.3, 0.4) is 0 Å². The van der Waals surface area contributed by atoms with Crippen LogP contribution in [0.5, 0.6) is 0 Å². The molecule has 8 nitrogen and oxygen atoms in total. The highest BCUT2D eigenvalue weighted by atomic mass is 35.5. The normalized spacial score (nSPS) is 24.3. The molecule has 10 heteroatoms. The van der Waals surface area contributed by atoms with E-state index >= 15 is 0 Å². The van der Waals surface area contributed by atoms with Gasteiger partial charge in [0.05, 0.1) is 23.9 Å². The van der Waals surface area contributed by atoms with Gasteiger partial charge >= 0.3 is 5.97 Å². The van der Waals surface area contributed by atoms with Crippen molar-refractivity contribution in [1.29, 1.82) is 0 Å². The summed E-state index contributed by atoms with van der Waals surface area (Å²) in [6.07, 6.45) is 4.79. The van der Waals surface area contributed by atoms with Crippen LogP contribution in [-0.2, 0) is 4.79 Å². The molecular weight excluding hydrogens is 487 g/mol. The van der Waals surface area contributed by atoms with Gasteiger partial charge in [-0.3, -0.25) is 9.69 Å². The van der Waals surface area contributed by atoms with Crippen molar-refractivity contribution in [2.24, 2.45) is 5.92 Å². The van der Waals surface area contributed by atoms with Crippen LogP contribution in [0.15, 0.2) is 24.4 Å². The number of anilines is 1. The van der Waals surface area contributed by atoms with Crippen LogP contribution in [0.1, 0.15) is 50.4 Å². The number of benzene rings is 1. The lowest BCUT2D eigenvalue weighted by Gasteiger charge is -2.42. The van der Waals surface area contributed by atoms with Crippen molar-refractivity contribution in [2.75, 3.05) is 24.5 Å². The number of aryl methyl sites for hydroxylation is 1. The largest absolute Gasteiger partial charge is 0.481 e. The van der Waals surface area contributed by atoms with Crippen molar-refractivity contribution in [3.8, 4) is 0 Å². The zero-order chi connectivity index (χ0) is 24.9. The average Bonchev–Trinajstić information content (AvgIpc) is 3.40. The molecule has 2 aliphatic heterocycles. The number of likely N-dealkylation sites (tertiary alicyclic amines) is 1. The zero-order valence-corrected chi connectivity index (χ0v) is 21.7. The lowest BCUT2D eigenvalue weighted by molar-refractivity contribution is -0.144. The van der Waals surface area contributed by atoms with E-state index in [0.717, 1.165) is 49.1 Å². The van der Waals surface area contributed by atoms with Crippen molar-refractivity contribution in [3.63, 3.8) is 0 Å². The molecule has 3 aromatic rings. The summed E-state index contributed by atoms with van der Waals surface area (Å²) < 4.78 is 1.84. The molecule has 4 heterocycles. The van der Waals surface area contributed by atoms with Gasteiger partial charge in [-0.15, -0.1) is 0 Å². The standard InChI is InChI=1S/C25H30Cl2N6O2/c1-14-5-4-9-32(14)21-8-10-31(13-19(21)25(34)35)22-12-28-23-15(2)30-33(24(23)29-22)16(3)18-7-6-17(26)11-20(18)27/h6-7,11-12,14,16,19,21H,4-5,8-10,13H2,1-3H3,(H,34,35)/t14-,16-,19-,21?/m1/s1. The van der Waals surface area contributed by atoms with E-state index in [1.807, 2.05) is 30.7 Å². The molecule has 2 fully saturated rings. The minimum Gasteiger partial charge on any atom is -0.481 e. The molecule has 0 amide bonds. The molecule has 0 saturated carbocycles. The van der Waals surface area contributed by atoms with E-state index in [1.165, 1.54) is 0 Å². The van der Waals surface area contributed by atoms with E-state index in [4.69, 9.17) is 33.3 Å². The molecule has 1 unspecified atom stereocenters. The first kappa shape index (κ1) is 24.3. The maximum atomic E-state index is 12.3. The molecule has 2 aromatic heterocycles. The summed E-state index contributed by atoms with van der Waals surface area (Å²) in [6.45, 7) is 8.25. The second-order valence-electron chi connectivity index (χ2n) is 9.75. The quantitative estimate of drug-likeness (QED) is 0.520. The summed E-state index contributed by atoms with van der Waals surface area (Å²) in [5.41, 5.74) is 3.04. The molecule has 186 valence electrons. The molecule has 2 aliphatic rings. The third-order valence-corrected chi connectivity index (χ3v) is 8.15. The van der Waals surface area contributed by atoms with Crippen molar-refractivity contribution in [1.82, 2.24) is 24.6 Å². The molecule has 1 N–H and O–H groups in total. The molecule has 4 atom stereocenters. The number of aliphatic carboxylic acids is 1. The molecule has 1 aromatic carbocycles.